The Kier molecular flexibility index (Phi) is 4.88. The summed E-state index contributed by atoms with van der Waals surface area (Å²) in [5.41, 5.74) is 2.93. The van der Waals surface area contributed by atoms with Gasteiger partial charge in [0.1, 0.15) is 10.6 Å². The molecule has 0 aromatic heterocycles. The van der Waals surface area contributed by atoms with Crippen molar-refractivity contribution in [2.75, 3.05) is 14.2 Å². The minimum absolute atomic E-state index is 0.200. The van der Waals surface area contributed by atoms with Gasteiger partial charge in [0.2, 0.25) is 10.0 Å². The molecule has 0 radical (unpaired) electrons. The molecule has 0 amide bonds. The second kappa shape index (κ2) is 6.50. The van der Waals surface area contributed by atoms with Crippen LogP contribution in [-0.2, 0) is 16.6 Å². The molecule has 4 nitrogen and oxygen atoms in total. The van der Waals surface area contributed by atoms with E-state index in [4.69, 9.17) is 4.74 Å². The number of hydrogen-bond donors (Lipinski definition) is 0. The molecule has 0 aliphatic heterocycles. The first kappa shape index (κ1) is 16.5. The Morgan fingerprint density at radius 2 is 1.77 bits per heavy atom. The highest BCUT2D eigenvalue weighted by atomic mass is 32.2. The quantitative estimate of drug-likeness (QED) is 0.850. The topological polar surface area (TPSA) is 46.6 Å². The van der Waals surface area contributed by atoms with E-state index >= 15 is 0 Å². The monoisotopic (exact) mass is 319 g/mol. The van der Waals surface area contributed by atoms with Crippen LogP contribution in [0.2, 0.25) is 0 Å². The van der Waals surface area contributed by atoms with E-state index in [9.17, 15) is 8.42 Å². The van der Waals surface area contributed by atoms with Gasteiger partial charge in [-0.15, -0.1) is 0 Å². The molecule has 118 valence electrons. The first-order valence-corrected chi connectivity index (χ1v) is 8.45. The third-order valence-electron chi connectivity index (χ3n) is 3.66. The molecule has 2 rings (SSSR count). The van der Waals surface area contributed by atoms with Crippen molar-refractivity contribution in [2.45, 2.75) is 25.3 Å². The number of nitrogens with zero attached hydrogens (tertiary/aromatic N) is 1. The second-order valence-corrected chi connectivity index (χ2v) is 7.36. The number of rotatable bonds is 5. The van der Waals surface area contributed by atoms with Gasteiger partial charge in [-0.3, -0.25) is 0 Å². The summed E-state index contributed by atoms with van der Waals surface area (Å²) in [4.78, 5) is 0.200. The van der Waals surface area contributed by atoms with E-state index in [2.05, 4.69) is 0 Å². The Hall–Kier alpha value is -1.85. The van der Waals surface area contributed by atoms with Crippen LogP contribution in [0.25, 0.3) is 0 Å². The molecular weight excluding hydrogens is 298 g/mol. The van der Waals surface area contributed by atoms with Gasteiger partial charge in [-0.1, -0.05) is 30.3 Å². The smallest absolute Gasteiger partial charge is 0.246 e. The van der Waals surface area contributed by atoms with Crippen molar-refractivity contribution in [1.82, 2.24) is 4.31 Å². The molecule has 0 spiro atoms. The van der Waals surface area contributed by atoms with Crippen molar-refractivity contribution in [2.24, 2.45) is 0 Å². The van der Waals surface area contributed by atoms with Gasteiger partial charge in [0, 0.05) is 13.6 Å². The Morgan fingerprint density at radius 1 is 1.09 bits per heavy atom. The third-order valence-corrected chi connectivity index (χ3v) is 5.49. The second-order valence-electron chi connectivity index (χ2n) is 5.34. The SMILES string of the molecule is COc1ccc(C)cc1S(=O)(=O)N(C)Cc1ccccc1C. The summed E-state index contributed by atoms with van der Waals surface area (Å²) >= 11 is 0. The summed E-state index contributed by atoms with van der Waals surface area (Å²) in [5, 5.41) is 0. The zero-order valence-electron chi connectivity index (χ0n) is 13.3. The van der Waals surface area contributed by atoms with Gasteiger partial charge >= 0.3 is 0 Å². The van der Waals surface area contributed by atoms with Crippen LogP contribution in [0.5, 0.6) is 5.75 Å². The van der Waals surface area contributed by atoms with E-state index in [1.807, 2.05) is 44.2 Å². The lowest BCUT2D eigenvalue weighted by atomic mass is 10.1. The van der Waals surface area contributed by atoms with Crippen LogP contribution in [0.1, 0.15) is 16.7 Å². The summed E-state index contributed by atoms with van der Waals surface area (Å²) in [7, 11) is -0.547. The fourth-order valence-electron chi connectivity index (χ4n) is 2.27. The highest BCUT2D eigenvalue weighted by Crippen LogP contribution is 2.28. The maximum Gasteiger partial charge on any atom is 0.246 e. The predicted octanol–water partition coefficient (Wildman–Crippen LogP) is 3.13. The zero-order valence-corrected chi connectivity index (χ0v) is 14.1. The minimum atomic E-state index is -3.61. The molecule has 0 aliphatic carbocycles. The summed E-state index contributed by atoms with van der Waals surface area (Å²) in [6.07, 6.45) is 0. The van der Waals surface area contributed by atoms with Crippen LogP contribution in [0, 0.1) is 13.8 Å². The summed E-state index contributed by atoms with van der Waals surface area (Å²) in [5.74, 6) is 0.363. The summed E-state index contributed by atoms with van der Waals surface area (Å²) in [6.45, 7) is 4.16. The van der Waals surface area contributed by atoms with Crippen LogP contribution in [0.4, 0.5) is 0 Å². The van der Waals surface area contributed by atoms with Gasteiger partial charge in [-0.05, 0) is 42.7 Å². The number of ether oxygens (including phenoxy) is 1. The molecule has 0 unspecified atom stereocenters. The number of aryl methyl sites for hydroxylation is 2. The fourth-order valence-corrected chi connectivity index (χ4v) is 3.65. The van der Waals surface area contributed by atoms with E-state index in [0.717, 1.165) is 16.7 Å². The maximum atomic E-state index is 12.8. The van der Waals surface area contributed by atoms with Crippen molar-refractivity contribution in [3.05, 3.63) is 59.2 Å². The van der Waals surface area contributed by atoms with E-state index in [1.54, 1.807) is 19.2 Å². The van der Waals surface area contributed by atoms with Crippen LogP contribution in [0.3, 0.4) is 0 Å². The molecule has 0 N–H and O–H groups in total. The molecular formula is C17H21NO3S. The molecule has 0 aliphatic rings. The molecule has 0 bridgehead atoms. The van der Waals surface area contributed by atoms with E-state index in [1.165, 1.54) is 11.4 Å². The van der Waals surface area contributed by atoms with Gasteiger partial charge in [-0.25, -0.2) is 8.42 Å². The molecule has 0 saturated carbocycles. The van der Waals surface area contributed by atoms with Crippen LogP contribution in [-0.4, -0.2) is 26.9 Å². The normalized spacial score (nSPS) is 11.7. The Labute approximate surface area is 132 Å². The molecule has 0 heterocycles. The molecule has 0 atom stereocenters. The van der Waals surface area contributed by atoms with Gasteiger partial charge in [0.25, 0.3) is 0 Å². The van der Waals surface area contributed by atoms with Crippen LogP contribution >= 0.6 is 0 Å². The van der Waals surface area contributed by atoms with Crippen LogP contribution < -0.4 is 4.74 Å². The number of benzene rings is 2. The first-order chi connectivity index (χ1) is 10.4. The molecule has 22 heavy (non-hydrogen) atoms. The lowest BCUT2D eigenvalue weighted by Crippen LogP contribution is -2.27. The van der Waals surface area contributed by atoms with Gasteiger partial charge in [0.15, 0.2) is 0 Å². The third kappa shape index (κ3) is 3.31. The van der Waals surface area contributed by atoms with E-state index < -0.39 is 10.0 Å². The Morgan fingerprint density at radius 3 is 2.41 bits per heavy atom. The van der Waals surface area contributed by atoms with Crippen molar-refractivity contribution in [1.29, 1.82) is 0 Å². The highest BCUT2D eigenvalue weighted by molar-refractivity contribution is 7.89. The van der Waals surface area contributed by atoms with Crippen molar-refractivity contribution >= 4 is 10.0 Å². The average Bonchev–Trinajstić information content (AvgIpc) is 2.49. The Bertz CT molecular complexity index is 769. The van der Waals surface area contributed by atoms with Gasteiger partial charge in [0.05, 0.1) is 7.11 Å². The minimum Gasteiger partial charge on any atom is -0.495 e. The number of hydrogen-bond acceptors (Lipinski definition) is 3. The molecule has 0 fully saturated rings. The molecule has 2 aromatic carbocycles. The lowest BCUT2D eigenvalue weighted by molar-refractivity contribution is 0.397. The first-order valence-electron chi connectivity index (χ1n) is 7.01. The van der Waals surface area contributed by atoms with Gasteiger partial charge in [-0.2, -0.15) is 4.31 Å². The maximum absolute atomic E-state index is 12.8. The molecule has 0 saturated heterocycles. The number of sulfonamides is 1. The average molecular weight is 319 g/mol. The summed E-state index contributed by atoms with van der Waals surface area (Å²) < 4.78 is 32.2. The fraction of sp³-hybridized carbons (Fsp3) is 0.294. The Balaban J connectivity index is 2.38. The van der Waals surface area contributed by atoms with E-state index in [0.29, 0.717) is 12.3 Å². The zero-order chi connectivity index (χ0) is 16.3. The lowest BCUT2D eigenvalue weighted by Gasteiger charge is -2.20. The highest BCUT2D eigenvalue weighted by Gasteiger charge is 2.25. The predicted molar refractivity (Wildman–Crippen MR) is 87.6 cm³/mol. The largest absolute Gasteiger partial charge is 0.495 e. The van der Waals surface area contributed by atoms with Gasteiger partial charge < -0.3 is 4.74 Å². The van der Waals surface area contributed by atoms with Crippen LogP contribution in [0.15, 0.2) is 47.4 Å². The molecule has 5 heteroatoms. The van der Waals surface area contributed by atoms with Crippen molar-refractivity contribution in [3.8, 4) is 5.75 Å². The van der Waals surface area contributed by atoms with Crippen molar-refractivity contribution in [3.63, 3.8) is 0 Å². The summed E-state index contributed by atoms with van der Waals surface area (Å²) in [6, 6.07) is 12.9. The standard InChI is InChI=1S/C17H21NO3S/c1-13-9-10-16(21-4)17(11-13)22(19,20)18(3)12-15-8-6-5-7-14(15)2/h5-11H,12H2,1-4H3. The van der Waals surface area contributed by atoms with E-state index in [-0.39, 0.29) is 4.90 Å². The molecule has 2 aromatic rings. The number of methoxy groups -OCH3 is 1. The van der Waals surface area contributed by atoms with Crippen molar-refractivity contribution < 1.29 is 13.2 Å².